The van der Waals surface area contributed by atoms with Gasteiger partial charge in [-0.3, -0.25) is 0 Å². The predicted molar refractivity (Wildman–Crippen MR) is 83.2 cm³/mol. The van der Waals surface area contributed by atoms with Crippen molar-refractivity contribution in [2.75, 3.05) is 38.2 Å². The maximum absolute atomic E-state index is 12.2. The van der Waals surface area contributed by atoms with Crippen LogP contribution in [-0.4, -0.2) is 43.8 Å². The highest BCUT2D eigenvalue weighted by atomic mass is 16.5. The molecule has 21 heavy (non-hydrogen) atoms. The predicted octanol–water partition coefficient (Wildman–Crippen LogP) is 1.42. The minimum absolute atomic E-state index is 0.0752. The summed E-state index contributed by atoms with van der Waals surface area (Å²) in [6.07, 6.45) is 0.830. The second-order valence-corrected chi connectivity index (χ2v) is 4.76. The van der Waals surface area contributed by atoms with Crippen LogP contribution in [0.4, 0.5) is 10.5 Å². The first-order valence-corrected chi connectivity index (χ1v) is 7.20. The Morgan fingerprint density at radius 3 is 2.86 bits per heavy atom. The van der Waals surface area contributed by atoms with Crippen molar-refractivity contribution in [2.45, 2.75) is 13.3 Å². The van der Waals surface area contributed by atoms with Gasteiger partial charge in [-0.05, 0) is 30.2 Å². The number of benzene rings is 1. The summed E-state index contributed by atoms with van der Waals surface area (Å²) in [6.45, 7) is 4.86. The van der Waals surface area contributed by atoms with Gasteiger partial charge in [0.05, 0.1) is 19.8 Å². The molecule has 1 aliphatic rings. The molecule has 2 rings (SSSR count). The van der Waals surface area contributed by atoms with E-state index >= 15 is 0 Å². The van der Waals surface area contributed by atoms with Crippen molar-refractivity contribution in [1.29, 1.82) is 0 Å². The average molecular weight is 287 g/mol. The van der Waals surface area contributed by atoms with Crippen molar-refractivity contribution in [3.8, 4) is 11.8 Å². The molecule has 0 aliphatic carbocycles. The molecule has 2 amide bonds. The third-order valence-corrected chi connectivity index (χ3v) is 3.36. The van der Waals surface area contributed by atoms with E-state index in [0.29, 0.717) is 32.8 Å². The van der Waals surface area contributed by atoms with Crippen LogP contribution in [0.15, 0.2) is 18.2 Å². The minimum Gasteiger partial charge on any atom is -0.378 e. The normalized spacial score (nSPS) is 14.3. The van der Waals surface area contributed by atoms with Crippen molar-refractivity contribution < 1.29 is 9.53 Å². The number of hydrogen-bond acceptors (Lipinski definition) is 3. The molecule has 1 aromatic rings. The van der Waals surface area contributed by atoms with Gasteiger partial charge in [-0.25, -0.2) is 4.79 Å². The number of rotatable bonds is 2. The molecule has 1 fully saturated rings. The zero-order valence-electron chi connectivity index (χ0n) is 12.3. The number of urea groups is 1. The van der Waals surface area contributed by atoms with Crippen molar-refractivity contribution in [2.24, 2.45) is 5.73 Å². The lowest BCUT2D eigenvalue weighted by molar-refractivity contribution is 0.0564. The molecule has 0 unspecified atom stereocenters. The van der Waals surface area contributed by atoms with Gasteiger partial charge in [-0.1, -0.05) is 18.8 Å². The summed E-state index contributed by atoms with van der Waals surface area (Å²) in [5.74, 6) is 5.84. The summed E-state index contributed by atoms with van der Waals surface area (Å²) >= 11 is 0. The monoisotopic (exact) mass is 287 g/mol. The summed E-state index contributed by atoms with van der Waals surface area (Å²) in [6, 6.07) is 5.72. The summed E-state index contributed by atoms with van der Waals surface area (Å²) in [5.41, 5.74) is 8.21. The zero-order chi connectivity index (χ0) is 15.1. The lowest BCUT2D eigenvalue weighted by Crippen LogP contribution is -2.43. The molecule has 0 radical (unpaired) electrons. The van der Waals surface area contributed by atoms with Crippen molar-refractivity contribution in [3.63, 3.8) is 0 Å². The summed E-state index contributed by atoms with van der Waals surface area (Å²) in [5, 5.41) is 2.97. The first-order chi connectivity index (χ1) is 10.2. The van der Waals surface area contributed by atoms with Gasteiger partial charge in [-0.15, -0.1) is 0 Å². The highest BCUT2D eigenvalue weighted by Gasteiger charge is 2.17. The molecule has 0 bridgehead atoms. The lowest BCUT2D eigenvalue weighted by Gasteiger charge is -2.27. The van der Waals surface area contributed by atoms with E-state index in [1.165, 1.54) is 0 Å². The summed E-state index contributed by atoms with van der Waals surface area (Å²) in [7, 11) is 0. The van der Waals surface area contributed by atoms with Crippen molar-refractivity contribution >= 4 is 11.7 Å². The second-order valence-electron chi connectivity index (χ2n) is 4.76. The molecule has 0 saturated carbocycles. The third kappa shape index (κ3) is 4.22. The van der Waals surface area contributed by atoms with E-state index in [1.54, 1.807) is 4.90 Å². The Kier molecular flexibility index (Phi) is 5.61. The quantitative estimate of drug-likeness (QED) is 0.808. The Hall–Kier alpha value is -2.03. The Balaban J connectivity index is 2.09. The van der Waals surface area contributed by atoms with E-state index in [4.69, 9.17) is 10.5 Å². The number of morpholine rings is 1. The van der Waals surface area contributed by atoms with Crippen LogP contribution >= 0.6 is 0 Å². The first-order valence-electron chi connectivity index (χ1n) is 7.20. The number of nitrogens with two attached hydrogens (primary N) is 1. The highest BCUT2D eigenvalue weighted by molar-refractivity contribution is 5.90. The maximum atomic E-state index is 12.2. The molecule has 0 spiro atoms. The van der Waals surface area contributed by atoms with E-state index < -0.39 is 0 Å². The SMILES string of the molecule is CCc1cc(C#CCN)ccc1NC(=O)N1CCOCC1. The summed E-state index contributed by atoms with van der Waals surface area (Å²) in [4.78, 5) is 14.0. The third-order valence-electron chi connectivity index (χ3n) is 3.36. The molecule has 5 nitrogen and oxygen atoms in total. The van der Waals surface area contributed by atoms with Gasteiger partial charge in [-0.2, -0.15) is 0 Å². The minimum atomic E-state index is -0.0752. The number of amides is 2. The number of anilines is 1. The summed E-state index contributed by atoms with van der Waals surface area (Å²) < 4.78 is 5.25. The molecule has 0 aromatic heterocycles. The number of carbonyl (C=O) groups excluding carboxylic acids is 1. The molecule has 1 aromatic carbocycles. The molecule has 0 atom stereocenters. The number of carbonyl (C=O) groups is 1. The number of aryl methyl sites for hydroxylation is 1. The smallest absolute Gasteiger partial charge is 0.322 e. The van der Waals surface area contributed by atoms with Gasteiger partial charge in [0.25, 0.3) is 0 Å². The first kappa shape index (κ1) is 15.4. The van der Waals surface area contributed by atoms with E-state index in [9.17, 15) is 4.79 Å². The van der Waals surface area contributed by atoms with Gasteiger partial charge in [0, 0.05) is 24.3 Å². The molecule has 1 saturated heterocycles. The maximum Gasteiger partial charge on any atom is 0.322 e. The van der Waals surface area contributed by atoms with Gasteiger partial charge in [0.15, 0.2) is 0 Å². The Labute approximate surface area is 125 Å². The number of hydrogen-bond donors (Lipinski definition) is 2. The standard InChI is InChI=1S/C16H21N3O2/c1-2-14-12-13(4-3-7-17)5-6-15(14)18-16(20)19-8-10-21-11-9-19/h5-6,12H,2,7-11,17H2,1H3,(H,18,20). The van der Waals surface area contributed by atoms with E-state index in [-0.39, 0.29) is 6.03 Å². The Morgan fingerprint density at radius 2 is 2.19 bits per heavy atom. The number of nitrogens with one attached hydrogen (secondary N) is 1. The number of nitrogens with zero attached hydrogens (tertiary/aromatic N) is 1. The van der Waals surface area contributed by atoms with Crippen LogP contribution in [-0.2, 0) is 11.2 Å². The number of ether oxygens (including phenoxy) is 1. The molecular formula is C16H21N3O2. The van der Waals surface area contributed by atoms with Gasteiger partial charge < -0.3 is 20.7 Å². The molecule has 3 N–H and O–H groups in total. The fourth-order valence-electron chi connectivity index (χ4n) is 2.20. The van der Waals surface area contributed by atoms with Crippen LogP contribution in [0.2, 0.25) is 0 Å². The molecule has 5 heteroatoms. The highest BCUT2D eigenvalue weighted by Crippen LogP contribution is 2.18. The topological polar surface area (TPSA) is 67.6 Å². The van der Waals surface area contributed by atoms with Crippen molar-refractivity contribution in [3.05, 3.63) is 29.3 Å². The Bertz CT molecular complexity index is 554. The fourth-order valence-corrected chi connectivity index (χ4v) is 2.20. The fraction of sp³-hybridized carbons (Fsp3) is 0.438. The van der Waals surface area contributed by atoms with Crippen LogP contribution in [0.5, 0.6) is 0 Å². The lowest BCUT2D eigenvalue weighted by atomic mass is 10.1. The van der Waals surface area contributed by atoms with E-state index in [2.05, 4.69) is 24.1 Å². The van der Waals surface area contributed by atoms with Crippen LogP contribution in [0.3, 0.4) is 0 Å². The zero-order valence-corrected chi connectivity index (χ0v) is 12.3. The van der Waals surface area contributed by atoms with Crippen LogP contribution < -0.4 is 11.1 Å². The van der Waals surface area contributed by atoms with Crippen LogP contribution in [0.1, 0.15) is 18.1 Å². The Morgan fingerprint density at radius 1 is 1.43 bits per heavy atom. The molecular weight excluding hydrogens is 266 g/mol. The molecule has 1 heterocycles. The largest absolute Gasteiger partial charge is 0.378 e. The van der Waals surface area contributed by atoms with Crippen LogP contribution in [0.25, 0.3) is 0 Å². The molecule has 1 aliphatic heterocycles. The van der Waals surface area contributed by atoms with Gasteiger partial charge >= 0.3 is 6.03 Å². The van der Waals surface area contributed by atoms with Gasteiger partial charge in [0.1, 0.15) is 0 Å². The van der Waals surface area contributed by atoms with E-state index in [0.717, 1.165) is 23.2 Å². The van der Waals surface area contributed by atoms with Crippen LogP contribution in [0, 0.1) is 11.8 Å². The molecule has 112 valence electrons. The van der Waals surface area contributed by atoms with E-state index in [1.807, 2.05) is 18.2 Å². The van der Waals surface area contributed by atoms with Gasteiger partial charge in [0.2, 0.25) is 0 Å². The second kappa shape index (κ2) is 7.67. The average Bonchev–Trinajstić information content (AvgIpc) is 2.54. The van der Waals surface area contributed by atoms with Crippen molar-refractivity contribution in [1.82, 2.24) is 4.90 Å².